The van der Waals surface area contributed by atoms with Crippen LogP contribution in [0, 0.1) is 5.92 Å². The zero-order chi connectivity index (χ0) is 26.1. The van der Waals surface area contributed by atoms with Crippen LogP contribution in [0.3, 0.4) is 0 Å². The van der Waals surface area contributed by atoms with Gasteiger partial charge in [-0.25, -0.2) is 4.79 Å². The summed E-state index contributed by atoms with van der Waals surface area (Å²) in [5, 5.41) is 25.0. The largest absolute Gasteiger partial charge is 0.508 e. The molecule has 0 radical (unpaired) electrons. The van der Waals surface area contributed by atoms with Crippen molar-refractivity contribution in [2.75, 3.05) is 13.2 Å². The molecule has 1 aromatic rings. The maximum Gasteiger partial charge on any atom is 0.408 e. The van der Waals surface area contributed by atoms with Crippen LogP contribution in [0.15, 0.2) is 24.3 Å². The molecular weight excluding hydrogens is 438 g/mol. The van der Waals surface area contributed by atoms with E-state index in [1.807, 2.05) is 13.8 Å². The van der Waals surface area contributed by atoms with E-state index in [1.165, 1.54) is 17.0 Å². The van der Waals surface area contributed by atoms with Crippen molar-refractivity contribution in [2.24, 2.45) is 5.92 Å². The van der Waals surface area contributed by atoms with Gasteiger partial charge in [-0.1, -0.05) is 39.3 Å². The molecule has 9 nitrogen and oxygen atoms in total. The van der Waals surface area contributed by atoms with Gasteiger partial charge in [0.1, 0.15) is 23.4 Å². The summed E-state index contributed by atoms with van der Waals surface area (Å²) < 4.78 is 5.32. The number of carbonyl (C=O) groups excluding carboxylic acids is 3. The first-order valence-electron chi connectivity index (χ1n) is 11.8. The molecule has 0 saturated carbocycles. The van der Waals surface area contributed by atoms with Gasteiger partial charge in [0.05, 0.1) is 6.61 Å². The number of phenolic OH excluding ortho intramolecular Hbond substituents is 1. The Morgan fingerprint density at radius 1 is 1.06 bits per heavy atom. The van der Waals surface area contributed by atoms with E-state index >= 15 is 0 Å². The summed E-state index contributed by atoms with van der Waals surface area (Å²) in [4.78, 5) is 40.8. The molecule has 192 valence electrons. The molecule has 1 aromatic carbocycles. The minimum Gasteiger partial charge on any atom is -0.508 e. The molecule has 0 aromatic heterocycles. The summed E-state index contributed by atoms with van der Waals surface area (Å²) in [7, 11) is 0. The lowest BCUT2D eigenvalue weighted by atomic mass is 9.98. The van der Waals surface area contributed by atoms with Crippen LogP contribution in [0.1, 0.15) is 72.9 Å². The van der Waals surface area contributed by atoms with Gasteiger partial charge in [0.15, 0.2) is 0 Å². The Balaban J connectivity index is 3.37. The maximum atomic E-state index is 13.7. The Morgan fingerprint density at radius 2 is 1.65 bits per heavy atom. The van der Waals surface area contributed by atoms with Crippen LogP contribution < -0.4 is 10.6 Å². The number of carbonyl (C=O) groups is 3. The van der Waals surface area contributed by atoms with E-state index in [0.717, 1.165) is 12.8 Å². The number of nitrogens with one attached hydrogen (secondary N) is 2. The summed E-state index contributed by atoms with van der Waals surface area (Å²) in [6.07, 6.45) is 0.891. The fourth-order valence-electron chi connectivity index (χ4n) is 3.56. The predicted octanol–water partition coefficient (Wildman–Crippen LogP) is 3.11. The number of ether oxygens (including phenoxy) is 1. The van der Waals surface area contributed by atoms with Gasteiger partial charge in [0.2, 0.25) is 11.8 Å². The van der Waals surface area contributed by atoms with E-state index < -0.39 is 35.6 Å². The van der Waals surface area contributed by atoms with E-state index in [9.17, 15) is 24.6 Å². The average Bonchev–Trinajstić information content (AvgIpc) is 2.71. The lowest BCUT2D eigenvalue weighted by Crippen LogP contribution is -2.55. The van der Waals surface area contributed by atoms with Gasteiger partial charge in [0.25, 0.3) is 0 Å². The number of hydrogen-bond donors (Lipinski definition) is 4. The Hall–Kier alpha value is -2.81. The van der Waals surface area contributed by atoms with Crippen molar-refractivity contribution in [3.05, 3.63) is 29.8 Å². The molecule has 3 unspecified atom stereocenters. The number of hydrogen-bond acceptors (Lipinski definition) is 6. The van der Waals surface area contributed by atoms with E-state index in [1.54, 1.807) is 46.8 Å². The number of aliphatic hydroxyl groups excluding tert-OH is 1. The molecule has 34 heavy (non-hydrogen) atoms. The number of aromatic hydroxyl groups is 1. The fourth-order valence-corrected chi connectivity index (χ4v) is 3.56. The van der Waals surface area contributed by atoms with Crippen LogP contribution in [0.25, 0.3) is 0 Å². The first kappa shape index (κ1) is 29.2. The smallest absolute Gasteiger partial charge is 0.408 e. The topological polar surface area (TPSA) is 128 Å². The Kier molecular flexibility index (Phi) is 11.3. The molecule has 1 rings (SSSR count). The number of phenols is 1. The summed E-state index contributed by atoms with van der Waals surface area (Å²) in [5.41, 5.74) is -0.274. The predicted molar refractivity (Wildman–Crippen MR) is 130 cm³/mol. The third-order valence-corrected chi connectivity index (χ3v) is 5.11. The van der Waals surface area contributed by atoms with Gasteiger partial charge in [-0.2, -0.15) is 0 Å². The van der Waals surface area contributed by atoms with Crippen molar-refractivity contribution in [1.82, 2.24) is 15.5 Å². The van der Waals surface area contributed by atoms with E-state index in [2.05, 4.69) is 10.6 Å². The molecule has 4 N–H and O–H groups in total. The zero-order valence-electron chi connectivity index (χ0n) is 21.4. The van der Waals surface area contributed by atoms with Crippen LogP contribution in [0.4, 0.5) is 4.79 Å². The Morgan fingerprint density at radius 3 is 2.12 bits per heavy atom. The van der Waals surface area contributed by atoms with Gasteiger partial charge >= 0.3 is 6.09 Å². The van der Waals surface area contributed by atoms with Crippen molar-refractivity contribution in [1.29, 1.82) is 0 Å². The second-order valence-electron chi connectivity index (χ2n) is 9.82. The lowest BCUT2D eigenvalue weighted by Gasteiger charge is -2.35. The first-order chi connectivity index (χ1) is 15.8. The van der Waals surface area contributed by atoms with Crippen molar-refractivity contribution < 1.29 is 29.3 Å². The summed E-state index contributed by atoms with van der Waals surface area (Å²) in [6, 6.07) is 3.82. The second-order valence-corrected chi connectivity index (χ2v) is 9.82. The van der Waals surface area contributed by atoms with Gasteiger partial charge in [0, 0.05) is 12.6 Å². The monoisotopic (exact) mass is 479 g/mol. The molecule has 0 spiro atoms. The molecule has 9 heteroatoms. The molecule has 3 amide bonds. The molecule has 0 saturated heterocycles. The van der Waals surface area contributed by atoms with Crippen LogP contribution in [-0.4, -0.2) is 63.9 Å². The summed E-state index contributed by atoms with van der Waals surface area (Å²) in [6.45, 7) is 12.1. The van der Waals surface area contributed by atoms with Crippen molar-refractivity contribution >= 4 is 17.9 Å². The second kappa shape index (κ2) is 13.2. The highest BCUT2D eigenvalue weighted by atomic mass is 16.6. The number of benzene rings is 1. The van der Waals surface area contributed by atoms with Gasteiger partial charge < -0.3 is 30.5 Å². The number of nitrogens with zero attached hydrogens (tertiary/aromatic N) is 1. The van der Waals surface area contributed by atoms with Crippen LogP contribution in [0.5, 0.6) is 5.75 Å². The van der Waals surface area contributed by atoms with Crippen LogP contribution in [-0.2, 0) is 14.3 Å². The Labute approximate surface area is 202 Å². The van der Waals surface area contributed by atoms with Crippen molar-refractivity contribution in [2.45, 2.75) is 85.0 Å². The SMILES string of the molecule is CCCC(C)NC(=O)C(c1ccc(O)cc1)N(CCO)C(=O)C(NC(=O)OC(C)(C)C)C(C)C. The summed E-state index contributed by atoms with van der Waals surface area (Å²) >= 11 is 0. The number of amides is 3. The van der Waals surface area contributed by atoms with E-state index in [-0.39, 0.29) is 30.9 Å². The highest BCUT2D eigenvalue weighted by Crippen LogP contribution is 2.25. The van der Waals surface area contributed by atoms with E-state index in [4.69, 9.17) is 4.74 Å². The molecule has 0 heterocycles. The molecule has 0 fully saturated rings. The minimum absolute atomic E-state index is 0.0222. The summed E-state index contributed by atoms with van der Waals surface area (Å²) in [5.74, 6) is -1.22. The van der Waals surface area contributed by atoms with Crippen molar-refractivity contribution in [3.8, 4) is 5.75 Å². The standard InChI is InChI=1S/C25H41N3O6/c1-8-9-17(4)26-22(31)21(18-10-12-19(30)13-11-18)28(14-15-29)23(32)20(16(2)3)27-24(33)34-25(5,6)7/h10-13,16-17,20-21,29-30H,8-9,14-15H2,1-7H3,(H,26,31)(H,27,33). The molecule has 0 bridgehead atoms. The van der Waals surface area contributed by atoms with Gasteiger partial charge in [-0.15, -0.1) is 0 Å². The van der Waals surface area contributed by atoms with Gasteiger partial charge in [-0.3, -0.25) is 9.59 Å². The number of aliphatic hydroxyl groups is 1. The highest BCUT2D eigenvalue weighted by molar-refractivity contribution is 5.92. The third-order valence-electron chi connectivity index (χ3n) is 5.11. The minimum atomic E-state index is -1.07. The number of rotatable bonds is 11. The molecule has 3 atom stereocenters. The normalized spacial score (nSPS) is 14.1. The van der Waals surface area contributed by atoms with Crippen LogP contribution in [0.2, 0.25) is 0 Å². The number of alkyl carbamates (subject to hydrolysis) is 1. The molecular formula is C25H41N3O6. The van der Waals surface area contributed by atoms with E-state index in [0.29, 0.717) is 5.56 Å². The average molecular weight is 480 g/mol. The van der Waals surface area contributed by atoms with Crippen molar-refractivity contribution in [3.63, 3.8) is 0 Å². The lowest BCUT2D eigenvalue weighted by molar-refractivity contribution is -0.144. The zero-order valence-corrected chi connectivity index (χ0v) is 21.4. The van der Waals surface area contributed by atoms with Crippen LogP contribution >= 0.6 is 0 Å². The molecule has 0 aliphatic carbocycles. The third kappa shape index (κ3) is 9.21. The molecule has 0 aliphatic rings. The first-order valence-corrected chi connectivity index (χ1v) is 11.8. The highest BCUT2D eigenvalue weighted by Gasteiger charge is 2.37. The maximum absolute atomic E-state index is 13.7. The Bertz CT molecular complexity index is 804. The fraction of sp³-hybridized carbons (Fsp3) is 0.640. The van der Waals surface area contributed by atoms with Gasteiger partial charge in [-0.05, 0) is 57.7 Å². The quantitative estimate of drug-likeness (QED) is 0.386. The molecule has 0 aliphatic heterocycles.